The summed E-state index contributed by atoms with van der Waals surface area (Å²) >= 11 is 0. The Morgan fingerprint density at radius 3 is 2.47 bits per heavy atom. The molecule has 2 aliphatic carbocycles. The summed E-state index contributed by atoms with van der Waals surface area (Å²) in [4.78, 5) is 69.3. The Balaban J connectivity index is 1.32. The highest BCUT2D eigenvalue weighted by Gasteiger charge is 2.46. The van der Waals surface area contributed by atoms with Crippen molar-refractivity contribution < 1.29 is 28.7 Å². The fourth-order valence-corrected chi connectivity index (χ4v) is 6.52. The first kappa shape index (κ1) is 30.6. The summed E-state index contributed by atoms with van der Waals surface area (Å²) < 4.78 is 5.40. The Kier molecular flexibility index (Phi) is 9.08. The molecule has 3 atom stereocenters. The zero-order chi connectivity index (χ0) is 30.7. The lowest BCUT2D eigenvalue weighted by molar-refractivity contribution is -0.141. The highest BCUT2D eigenvalue weighted by atomic mass is 16.5. The normalized spacial score (nSPS) is 20.8. The van der Waals surface area contributed by atoms with Crippen LogP contribution in [0.3, 0.4) is 0 Å². The summed E-state index contributed by atoms with van der Waals surface area (Å²) in [5, 5.41) is 12.2. The number of methoxy groups -OCH3 is 1. The molecule has 1 aliphatic heterocycles. The number of hydrogen-bond donors (Lipinski definition) is 5. The van der Waals surface area contributed by atoms with Crippen molar-refractivity contribution >= 4 is 40.3 Å². The fourth-order valence-electron chi connectivity index (χ4n) is 6.52. The number of carbonyl (C=O) groups is 5. The van der Waals surface area contributed by atoms with Gasteiger partial charge in [-0.3, -0.25) is 24.0 Å². The summed E-state index contributed by atoms with van der Waals surface area (Å²) in [6.07, 6.45) is 7.53. The van der Waals surface area contributed by atoms with Gasteiger partial charge >= 0.3 is 0 Å². The van der Waals surface area contributed by atoms with Crippen LogP contribution in [0.5, 0.6) is 5.75 Å². The second-order valence-corrected chi connectivity index (χ2v) is 12.9. The van der Waals surface area contributed by atoms with Crippen LogP contribution in [-0.2, 0) is 19.2 Å². The Morgan fingerprint density at radius 1 is 1.05 bits per heavy atom. The van der Waals surface area contributed by atoms with Gasteiger partial charge in [-0.25, -0.2) is 0 Å². The van der Waals surface area contributed by atoms with E-state index in [0.717, 1.165) is 50.3 Å². The number of fused-ring (bicyclic) bond motifs is 1. The lowest BCUT2D eigenvalue weighted by atomic mass is 9.78. The quantitative estimate of drug-likeness (QED) is 0.238. The average molecular weight is 594 g/mol. The number of amides is 4. The monoisotopic (exact) mass is 593 g/mol. The fraction of sp³-hybridized carbons (Fsp3) is 0.594. The first-order valence-corrected chi connectivity index (χ1v) is 15.5. The molecule has 43 heavy (non-hydrogen) atoms. The molecule has 3 aliphatic rings. The number of aromatic nitrogens is 1. The van der Waals surface area contributed by atoms with E-state index < -0.39 is 41.5 Å². The van der Waals surface area contributed by atoms with Gasteiger partial charge in [0.25, 0.3) is 11.8 Å². The van der Waals surface area contributed by atoms with Gasteiger partial charge < -0.3 is 31.0 Å². The molecule has 4 amide bonds. The Labute approximate surface area is 251 Å². The topological polar surface area (TPSA) is 158 Å². The molecule has 3 unspecified atom stereocenters. The third-order valence-corrected chi connectivity index (χ3v) is 8.91. The number of aromatic amines is 1. The minimum atomic E-state index is -1.19. The van der Waals surface area contributed by atoms with Gasteiger partial charge in [0.1, 0.15) is 17.5 Å². The molecule has 1 aromatic heterocycles. The molecule has 0 radical (unpaired) electrons. The second-order valence-electron chi connectivity index (χ2n) is 12.9. The number of benzene rings is 1. The number of carbonyl (C=O) groups excluding carboxylic acids is 5. The van der Waals surface area contributed by atoms with Crippen LogP contribution < -0.4 is 26.0 Å². The van der Waals surface area contributed by atoms with E-state index in [1.54, 1.807) is 19.2 Å². The van der Waals surface area contributed by atoms with Gasteiger partial charge in [0.15, 0.2) is 0 Å². The summed E-state index contributed by atoms with van der Waals surface area (Å²) in [5.74, 6) is -2.57. The van der Waals surface area contributed by atoms with Crippen LogP contribution in [0.15, 0.2) is 24.3 Å². The molecule has 232 valence electrons. The molecule has 2 saturated carbocycles. The average Bonchev–Trinajstić information content (AvgIpc) is 3.59. The van der Waals surface area contributed by atoms with Crippen molar-refractivity contribution in [2.45, 2.75) is 102 Å². The van der Waals surface area contributed by atoms with Gasteiger partial charge in [-0.1, -0.05) is 39.2 Å². The maximum Gasteiger partial charge on any atom is 0.289 e. The minimum Gasteiger partial charge on any atom is -0.496 e. The first-order chi connectivity index (χ1) is 20.6. The van der Waals surface area contributed by atoms with Crippen molar-refractivity contribution in [3.05, 3.63) is 30.0 Å². The SMILES string of the molecule is COc1cccc2[nH]c(C(=O)NC(CC(C)C)C(=O)NC(CC3CC4(CCCCC4)NC3=O)C(=O)C(=O)NC3CC3)cc12. The molecule has 3 fully saturated rings. The van der Waals surface area contributed by atoms with Crippen molar-refractivity contribution in [3.63, 3.8) is 0 Å². The maximum atomic E-state index is 13.7. The molecule has 1 aromatic carbocycles. The van der Waals surface area contributed by atoms with Crippen LogP contribution in [0.2, 0.25) is 0 Å². The van der Waals surface area contributed by atoms with E-state index in [9.17, 15) is 24.0 Å². The van der Waals surface area contributed by atoms with Gasteiger partial charge in [-0.05, 0) is 69.1 Å². The van der Waals surface area contributed by atoms with E-state index >= 15 is 0 Å². The molecule has 2 aromatic rings. The molecule has 5 rings (SSSR count). The van der Waals surface area contributed by atoms with Crippen molar-refractivity contribution in [3.8, 4) is 5.75 Å². The van der Waals surface area contributed by atoms with Crippen LogP contribution >= 0.6 is 0 Å². The van der Waals surface area contributed by atoms with Crippen molar-refractivity contribution in [2.24, 2.45) is 11.8 Å². The van der Waals surface area contributed by atoms with Gasteiger partial charge in [0, 0.05) is 28.4 Å². The molecule has 5 N–H and O–H groups in total. The summed E-state index contributed by atoms with van der Waals surface area (Å²) in [6.45, 7) is 3.86. The summed E-state index contributed by atoms with van der Waals surface area (Å²) in [5.41, 5.74) is 0.703. The summed E-state index contributed by atoms with van der Waals surface area (Å²) in [6, 6.07) is 4.91. The van der Waals surface area contributed by atoms with Crippen molar-refractivity contribution in [1.29, 1.82) is 0 Å². The number of nitrogens with one attached hydrogen (secondary N) is 5. The van der Waals surface area contributed by atoms with Crippen molar-refractivity contribution in [2.75, 3.05) is 7.11 Å². The van der Waals surface area contributed by atoms with Gasteiger partial charge in [-0.15, -0.1) is 0 Å². The van der Waals surface area contributed by atoms with Crippen molar-refractivity contribution in [1.82, 2.24) is 26.3 Å². The van der Waals surface area contributed by atoms with Gasteiger partial charge in [-0.2, -0.15) is 0 Å². The van der Waals surface area contributed by atoms with Crippen LogP contribution in [0.1, 0.15) is 88.5 Å². The number of rotatable bonds is 12. The van der Waals surface area contributed by atoms with Gasteiger partial charge in [0.2, 0.25) is 17.6 Å². The molecule has 11 heteroatoms. The van der Waals surface area contributed by atoms with Crippen LogP contribution in [-0.4, -0.2) is 65.2 Å². The van der Waals surface area contributed by atoms with Crippen LogP contribution in [0, 0.1) is 11.8 Å². The van der Waals surface area contributed by atoms with E-state index in [-0.39, 0.29) is 35.5 Å². The molecule has 2 heterocycles. The van der Waals surface area contributed by atoms with Gasteiger partial charge in [0.05, 0.1) is 13.2 Å². The molecule has 1 saturated heterocycles. The lowest BCUT2D eigenvalue weighted by Gasteiger charge is -2.33. The van der Waals surface area contributed by atoms with E-state index in [0.29, 0.717) is 24.1 Å². The highest BCUT2D eigenvalue weighted by Crippen LogP contribution is 2.39. The van der Waals surface area contributed by atoms with E-state index in [1.807, 2.05) is 26.0 Å². The molecular formula is C32H43N5O6. The first-order valence-electron chi connectivity index (χ1n) is 15.5. The molecular weight excluding hydrogens is 550 g/mol. The largest absolute Gasteiger partial charge is 0.496 e. The third-order valence-electron chi connectivity index (χ3n) is 8.91. The zero-order valence-corrected chi connectivity index (χ0v) is 25.2. The van der Waals surface area contributed by atoms with E-state index in [2.05, 4.69) is 26.3 Å². The Bertz CT molecular complexity index is 1390. The Hall–Kier alpha value is -3.89. The maximum absolute atomic E-state index is 13.7. The zero-order valence-electron chi connectivity index (χ0n) is 25.2. The van der Waals surface area contributed by atoms with Crippen LogP contribution in [0.4, 0.5) is 0 Å². The molecule has 11 nitrogen and oxygen atoms in total. The molecule has 0 bridgehead atoms. The molecule has 1 spiro atoms. The number of Topliss-reactive ketones (excluding diaryl/α,β-unsaturated/α-hetero) is 1. The van der Waals surface area contributed by atoms with E-state index in [4.69, 9.17) is 4.74 Å². The smallest absolute Gasteiger partial charge is 0.289 e. The lowest BCUT2D eigenvalue weighted by Crippen LogP contribution is -2.55. The third kappa shape index (κ3) is 7.19. The predicted molar refractivity (Wildman–Crippen MR) is 160 cm³/mol. The predicted octanol–water partition coefficient (Wildman–Crippen LogP) is 2.88. The standard InChI is InChI=1S/C32H43N5O6/c1-18(2)14-24(36-30(41)25-16-21-22(34-25)8-7-9-26(21)43-3)29(40)35-23(27(38)31(42)33-20-10-11-20)15-19-17-32(37-28(19)39)12-5-4-6-13-32/h7-9,16,18-20,23-24,34H,4-6,10-15,17H2,1-3H3,(H,33,42)(H,35,40)(H,36,41)(H,37,39). The highest BCUT2D eigenvalue weighted by molar-refractivity contribution is 6.38. The minimum absolute atomic E-state index is 0.0282. The van der Waals surface area contributed by atoms with Crippen LogP contribution in [0.25, 0.3) is 10.9 Å². The number of ketones is 1. The second kappa shape index (κ2) is 12.8. The number of H-pyrrole nitrogens is 1. The number of hydrogen-bond acceptors (Lipinski definition) is 6. The Morgan fingerprint density at radius 2 is 1.79 bits per heavy atom. The number of ether oxygens (including phenoxy) is 1. The van der Waals surface area contributed by atoms with E-state index in [1.165, 1.54) is 0 Å². The summed E-state index contributed by atoms with van der Waals surface area (Å²) in [7, 11) is 1.55.